The first kappa shape index (κ1) is 10.7. The Bertz CT molecular complexity index is 944. The summed E-state index contributed by atoms with van der Waals surface area (Å²) >= 11 is 0. The summed E-state index contributed by atoms with van der Waals surface area (Å²) in [5, 5.41) is 10.4. The third-order valence-corrected chi connectivity index (χ3v) is 3.47. The fraction of sp³-hybridized carbons (Fsp3) is 0.429. The SMILES string of the molecule is [2H]C([2H])([2H])Oc1ccc(C([2H])([2H])CCCC([2H])(O)C([2H])([2H])Oc2cccc(C)c2)cc1OC. The number of benzene rings is 2. The highest BCUT2D eigenvalue weighted by atomic mass is 16.5. The second-order valence-electron chi connectivity index (χ2n) is 5.47. The maximum atomic E-state index is 10.4. The molecule has 0 saturated carbocycles. The largest absolute Gasteiger partial charge is 0.493 e. The van der Waals surface area contributed by atoms with Crippen LogP contribution in [0.2, 0.25) is 0 Å². The lowest BCUT2D eigenvalue weighted by atomic mass is 10.0. The molecule has 1 unspecified atom stereocenters. The lowest BCUT2D eigenvalue weighted by molar-refractivity contribution is 0.0976. The van der Waals surface area contributed by atoms with E-state index < -0.39 is 26.0 Å². The van der Waals surface area contributed by atoms with Crippen LogP contribution >= 0.6 is 0 Å². The molecule has 0 fully saturated rings. The van der Waals surface area contributed by atoms with Crippen LogP contribution in [0.1, 0.15) is 41.4 Å². The van der Waals surface area contributed by atoms with Crippen LogP contribution in [-0.2, 0) is 6.37 Å². The van der Waals surface area contributed by atoms with Gasteiger partial charge in [0.2, 0.25) is 0 Å². The molecular formula is C21H28O4. The Hall–Kier alpha value is -2.20. The van der Waals surface area contributed by atoms with E-state index in [1.54, 1.807) is 25.1 Å². The van der Waals surface area contributed by atoms with Crippen molar-refractivity contribution in [3.8, 4) is 17.2 Å². The summed E-state index contributed by atoms with van der Waals surface area (Å²) in [5.74, 6) is 0.166. The van der Waals surface area contributed by atoms with Gasteiger partial charge in [-0.25, -0.2) is 0 Å². The van der Waals surface area contributed by atoms with Gasteiger partial charge in [-0.2, -0.15) is 0 Å². The number of aliphatic hydroxyl groups is 1. The fourth-order valence-corrected chi connectivity index (χ4v) is 2.20. The Morgan fingerprint density at radius 1 is 1.16 bits per heavy atom. The highest BCUT2D eigenvalue weighted by molar-refractivity contribution is 5.42. The zero-order chi connectivity index (χ0) is 25.1. The number of aryl methyl sites for hydroxylation is 2. The summed E-state index contributed by atoms with van der Waals surface area (Å²) in [6, 6.07) is 10.6. The van der Waals surface area contributed by atoms with Crippen LogP contribution < -0.4 is 14.2 Å². The van der Waals surface area contributed by atoms with Gasteiger partial charge in [-0.15, -0.1) is 0 Å². The van der Waals surface area contributed by atoms with E-state index in [4.69, 9.17) is 25.2 Å². The molecule has 0 aliphatic heterocycles. The smallest absolute Gasteiger partial charge is 0.160 e. The Morgan fingerprint density at radius 3 is 2.80 bits per heavy atom. The van der Waals surface area contributed by atoms with E-state index in [0.29, 0.717) is 0 Å². The van der Waals surface area contributed by atoms with Gasteiger partial charge >= 0.3 is 0 Å². The van der Waals surface area contributed by atoms with Crippen molar-refractivity contribution in [2.75, 3.05) is 20.7 Å². The maximum absolute atomic E-state index is 10.4. The van der Waals surface area contributed by atoms with Crippen molar-refractivity contribution >= 4 is 0 Å². The third-order valence-electron chi connectivity index (χ3n) is 3.47. The van der Waals surface area contributed by atoms with Gasteiger partial charge in [-0.1, -0.05) is 24.6 Å². The normalized spacial score (nSPS) is 19.5. The number of hydrogen-bond acceptors (Lipinski definition) is 4. The molecule has 25 heavy (non-hydrogen) atoms. The van der Waals surface area contributed by atoms with Crippen molar-refractivity contribution in [2.45, 2.75) is 38.6 Å². The molecule has 1 N–H and O–H groups in total. The average molecular weight is 352 g/mol. The van der Waals surface area contributed by atoms with Gasteiger partial charge in [-0.05, 0) is 61.5 Å². The second-order valence-corrected chi connectivity index (χ2v) is 5.47. The lowest BCUT2D eigenvalue weighted by Crippen LogP contribution is -2.17. The van der Waals surface area contributed by atoms with Crippen molar-refractivity contribution in [1.82, 2.24) is 0 Å². The molecule has 0 radical (unpaired) electrons. The summed E-state index contributed by atoms with van der Waals surface area (Å²) in [6.45, 7) is -0.931. The van der Waals surface area contributed by atoms with Crippen LogP contribution in [0.3, 0.4) is 0 Å². The molecule has 0 aliphatic rings. The summed E-state index contributed by atoms with van der Waals surface area (Å²) < 4.78 is 77.6. The molecule has 4 nitrogen and oxygen atoms in total. The molecule has 0 saturated heterocycles. The zero-order valence-corrected chi connectivity index (χ0v) is 14.3. The van der Waals surface area contributed by atoms with E-state index in [9.17, 15) is 5.11 Å². The first-order valence-corrected chi connectivity index (χ1v) is 7.92. The first-order chi connectivity index (χ1) is 15.1. The molecule has 136 valence electrons. The minimum Gasteiger partial charge on any atom is -0.493 e. The topological polar surface area (TPSA) is 47.9 Å². The Morgan fingerprint density at radius 2 is 2.04 bits per heavy atom. The highest BCUT2D eigenvalue weighted by Gasteiger charge is 2.07. The predicted octanol–water partition coefficient (Wildman–Crippen LogP) is 4.16. The van der Waals surface area contributed by atoms with E-state index in [1.165, 1.54) is 31.4 Å². The van der Waals surface area contributed by atoms with Crippen LogP contribution in [-0.4, -0.2) is 31.9 Å². The molecule has 2 rings (SSSR count). The van der Waals surface area contributed by atoms with Crippen LogP contribution in [0, 0.1) is 6.92 Å². The first-order valence-electron chi connectivity index (χ1n) is 11.9. The summed E-state index contributed by atoms with van der Waals surface area (Å²) in [7, 11) is -1.39. The number of rotatable bonds is 10. The van der Waals surface area contributed by atoms with Crippen molar-refractivity contribution in [3.63, 3.8) is 0 Å². The number of methoxy groups -OCH3 is 2. The van der Waals surface area contributed by atoms with E-state index >= 15 is 0 Å². The van der Waals surface area contributed by atoms with Crippen LogP contribution in [0.4, 0.5) is 0 Å². The van der Waals surface area contributed by atoms with E-state index in [0.717, 1.165) is 5.56 Å². The van der Waals surface area contributed by atoms with Crippen molar-refractivity contribution in [2.24, 2.45) is 0 Å². The highest BCUT2D eigenvalue weighted by Crippen LogP contribution is 2.28. The molecule has 0 aromatic heterocycles. The molecule has 1 atom stereocenters. The maximum Gasteiger partial charge on any atom is 0.160 e. The average Bonchev–Trinajstić information content (AvgIpc) is 2.66. The van der Waals surface area contributed by atoms with E-state index in [2.05, 4.69) is 0 Å². The van der Waals surface area contributed by atoms with Crippen LogP contribution in [0.5, 0.6) is 17.2 Å². The third kappa shape index (κ3) is 6.31. The molecular weight excluding hydrogens is 316 g/mol. The van der Waals surface area contributed by atoms with Gasteiger partial charge in [0.1, 0.15) is 12.3 Å². The van der Waals surface area contributed by atoms with Gasteiger partial charge in [-0.3, -0.25) is 0 Å². The van der Waals surface area contributed by atoms with Gasteiger partial charge in [0.25, 0.3) is 0 Å². The van der Waals surface area contributed by atoms with E-state index in [1.807, 2.05) is 0 Å². The molecule has 0 amide bonds. The second kappa shape index (κ2) is 9.94. The zero-order valence-electron chi connectivity index (χ0n) is 22.3. The molecule has 2 aromatic carbocycles. The van der Waals surface area contributed by atoms with Gasteiger partial charge in [0, 0.05) is 2.74 Å². The van der Waals surface area contributed by atoms with Crippen LogP contribution in [0.25, 0.3) is 0 Å². The fourth-order valence-electron chi connectivity index (χ4n) is 2.20. The predicted molar refractivity (Wildman–Crippen MR) is 99.8 cm³/mol. The minimum atomic E-state index is -2.73. The number of ether oxygens (including phenoxy) is 3. The monoisotopic (exact) mass is 352 g/mol. The Balaban J connectivity index is 2.06. The minimum absolute atomic E-state index is 0.0282. The standard InChI is InChI=1S/C21H28O4/c1-16-7-6-10-19(13-16)25-15-18(22)9-5-4-8-17-11-12-20(23-2)21(14-17)24-3/h6-7,10-14,18,22H,4-5,8-9,15H2,1-3H3/i2D3,8D2,15D2,18D. The van der Waals surface area contributed by atoms with Gasteiger partial charge in [0.15, 0.2) is 11.5 Å². The van der Waals surface area contributed by atoms with Crippen molar-refractivity contribution < 1.29 is 30.3 Å². The quantitative estimate of drug-likeness (QED) is 0.697. The molecule has 4 heteroatoms. The Labute approximate surface area is 161 Å². The van der Waals surface area contributed by atoms with Gasteiger partial charge < -0.3 is 19.3 Å². The van der Waals surface area contributed by atoms with Crippen molar-refractivity contribution in [3.05, 3.63) is 53.6 Å². The summed E-state index contributed by atoms with van der Waals surface area (Å²) in [4.78, 5) is 0. The van der Waals surface area contributed by atoms with E-state index in [-0.39, 0.29) is 42.1 Å². The summed E-state index contributed by atoms with van der Waals surface area (Å²) in [6.07, 6.45) is -5.10. The molecule has 0 aliphatic carbocycles. The van der Waals surface area contributed by atoms with Gasteiger partial charge in [0.05, 0.1) is 28.5 Å². The number of hydrogen-bond donors (Lipinski definition) is 1. The lowest BCUT2D eigenvalue weighted by Gasteiger charge is -2.13. The summed E-state index contributed by atoms with van der Waals surface area (Å²) in [5.41, 5.74) is 1.01. The van der Waals surface area contributed by atoms with Crippen molar-refractivity contribution in [1.29, 1.82) is 0 Å². The molecule has 2 aromatic rings. The van der Waals surface area contributed by atoms with Crippen LogP contribution in [0.15, 0.2) is 42.5 Å². The molecule has 0 heterocycles. The molecule has 0 spiro atoms. The molecule has 0 bridgehead atoms. The Kier molecular flexibility index (Phi) is 4.26.